The normalized spacial score (nSPS) is 10.8. The maximum Gasteiger partial charge on any atom is 0.218 e. The minimum absolute atomic E-state index is 0.0969. The first-order chi connectivity index (χ1) is 10.2. The number of carbonyl (C=O) groups excluding carboxylic acids is 1. The largest absolute Gasteiger partial charge is 0.481 e. The van der Waals surface area contributed by atoms with E-state index in [-0.39, 0.29) is 5.78 Å². The summed E-state index contributed by atoms with van der Waals surface area (Å²) in [5.41, 5.74) is 1.70. The number of ether oxygens (including phenoxy) is 1. The van der Waals surface area contributed by atoms with Gasteiger partial charge in [-0.15, -0.1) is 0 Å². The Bertz CT molecular complexity index is 794. The second kappa shape index (κ2) is 5.36. The van der Waals surface area contributed by atoms with E-state index in [1.807, 2.05) is 29.5 Å². The van der Waals surface area contributed by atoms with Crippen LogP contribution in [0.25, 0.3) is 5.65 Å². The maximum atomic E-state index is 12.4. The zero-order valence-corrected chi connectivity index (χ0v) is 11.9. The van der Waals surface area contributed by atoms with Crippen LogP contribution in [0.4, 0.5) is 0 Å². The molecule has 2 heterocycles. The third-order valence-corrected chi connectivity index (χ3v) is 3.30. The molecule has 0 bridgehead atoms. The Hall–Kier alpha value is -2.69. The van der Waals surface area contributed by atoms with Crippen molar-refractivity contribution in [1.29, 1.82) is 0 Å². The van der Waals surface area contributed by atoms with Gasteiger partial charge >= 0.3 is 0 Å². The molecule has 0 atom stereocenters. The molecule has 0 aliphatic rings. The smallest absolute Gasteiger partial charge is 0.218 e. The average molecular weight is 281 g/mol. The molecule has 3 rings (SSSR count). The summed E-state index contributed by atoms with van der Waals surface area (Å²) in [7, 11) is 1.57. The summed E-state index contributed by atoms with van der Waals surface area (Å²) in [5, 5.41) is 0. The highest BCUT2D eigenvalue weighted by Crippen LogP contribution is 2.17. The molecular weight excluding hydrogens is 266 g/mol. The highest BCUT2D eigenvalue weighted by Gasteiger charge is 2.15. The number of nitrogens with zero attached hydrogens (tertiary/aromatic N) is 3. The van der Waals surface area contributed by atoms with Crippen LogP contribution in [0.5, 0.6) is 5.88 Å². The van der Waals surface area contributed by atoms with E-state index in [9.17, 15) is 4.79 Å². The van der Waals surface area contributed by atoms with Crippen molar-refractivity contribution in [2.45, 2.75) is 13.3 Å². The summed E-state index contributed by atoms with van der Waals surface area (Å²) in [5.74, 6) is 1.22. The van der Waals surface area contributed by atoms with Crippen LogP contribution in [0.2, 0.25) is 0 Å². The standard InChI is InChI=1S/C16H15N3O2/c1-3-13-18-15(21-2)9-14-17-12(10-19(13)14)16(20)11-7-5-4-6-8-11/h4-10H,3H2,1-2H3. The predicted molar refractivity (Wildman–Crippen MR) is 78.8 cm³/mol. The van der Waals surface area contributed by atoms with Crippen molar-refractivity contribution in [3.8, 4) is 5.88 Å². The molecule has 0 unspecified atom stereocenters. The Balaban J connectivity index is 2.11. The monoisotopic (exact) mass is 281 g/mol. The zero-order valence-electron chi connectivity index (χ0n) is 11.9. The van der Waals surface area contributed by atoms with Crippen LogP contribution in [0, 0.1) is 0 Å². The topological polar surface area (TPSA) is 56.5 Å². The zero-order chi connectivity index (χ0) is 14.8. The van der Waals surface area contributed by atoms with Crippen LogP contribution in [0.1, 0.15) is 28.8 Å². The van der Waals surface area contributed by atoms with Gasteiger partial charge in [0.1, 0.15) is 17.2 Å². The predicted octanol–water partition coefficient (Wildman–Crippen LogP) is 2.53. The molecule has 21 heavy (non-hydrogen) atoms. The van der Waals surface area contributed by atoms with Crippen molar-refractivity contribution >= 4 is 11.4 Å². The summed E-state index contributed by atoms with van der Waals surface area (Å²) >= 11 is 0. The van der Waals surface area contributed by atoms with Gasteiger partial charge in [-0.25, -0.2) is 4.98 Å². The van der Waals surface area contributed by atoms with Crippen LogP contribution in [-0.2, 0) is 6.42 Å². The van der Waals surface area contributed by atoms with E-state index in [0.717, 1.165) is 12.2 Å². The Labute approximate surface area is 122 Å². The van der Waals surface area contributed by atoms with Gasteiger partial charge in [0.05, 0.1) is 7.11 Å². The van der Waals surface area contributed by atoms with Crippen molar-refractivity contribution in [2.75, 3.05) is 7.11 Å². The van der Waals surface area contributed by atoms with E-state index in [2.05, 4.69) is 9.97 Å². The summed E-state index contributed by atoms with van der Waals surface area (Å²) in [6, 6.07) is 10.8. The molecule has 0 aliphatic heterocycles. The third kappa shape index (κ3) is 2.38. The number of benzene rings is 1. The SMILES string of the molecule is CCc1nc(OC)cc2nc(C(=O)c3ccccc3)cn12. The van der Waals surface area contributed by atoms with E-state index in [1.165, 1.54) is 0 Å². The lowest BCUT2D eigenvalue weighted by Crippen LogP contribution is -2.01. The summed E-state index contributed by atoms with van der Waals surface area (Å²) in [6.07, 6.45) is 2.46. The summed E-state index contributed by atoms with van der Waals surface area (Å²) in [6.45, 7) is 2.00. The number of hydrogen-bond acceptors (Lipinski definition) is 4. The molecule has 5 nitrogen and oxygen atoms in total. The molecule has 106 valence electrons. The maximum absolute atomic E-state index is 12.4. The van der Waals surface area contributed by atoms with Crippen molar-refractivity contribution in [1.82, 2.24) is 14.4 Å². The lowest BCUT2D eigenvalue weighted by molar-refractivity contribution is 0.103. The number of rotatable bonds is 4. The van der Waals surface area contributed by atoms with E-state index in [1.54, 1.807) is 31.5 Å². The minimum atomic E-state index is -0.0969. The van der Waals surface area contributed by atoms with E-state index in [0.29, 0.717) is 22.8 Å². The molecule has 0 N–H and O–H groups in total. The fourth-order valence-corrected chi connectivity index (χ4v) is 2.23. The second-order valence-electron chi connectivity index (χ2n) is 4.62. The average Bonchev–Trinajstić information content (AvgIpc) is 2.97. The Morgan fingerprint density at radius 2 is 2.00 bits per heavy atom. The number of methoxy groups -OCH3 is 1. The third-order valence-electron chi connectivity index (χ3n) is 3.30. The van der Waals surface area contributed by atoms with Gasteiger partial charge in [0.15, 0.2) is 0 Å². The van der Waals surface area contributed by atoms with Crippen molar-refractivity contribution in [3.05, 3.63) is 59.7 Å². The van der Waals surface area contributed by atoms with E-state index >= 15 is 0 Å². The van der Waals surface area contributed by atoms with Gasteiger partial charge in [0.25, 0.3) is 0 Å². The number of hydrogen-bond donors (Lipinski definition) is 0. The van der Waals surface area contributed by atoms with Crippen molar-refractivity contribution < 1.29 is 9.53 Å². The Kier molecular flexibility index (Phi) is 3.39. The van der Waals surface area contributed by atoms with Gasteiger partial charge in [0, 0.05) is 24.2 Å². The highest BCUT2D eigenvalue weighted by molar-refractivity contribution is 6.07. The first-order valence-corrected chi connectivity index (χ1v) is 6.75. The van der Waals surface area contributed by atoms with Gasteiger partial charge in [-0.3, -0.25) is 9.20 Å². The van der Waals surface area contributed by atoms with Crippen LogP contribution < -0.4 is 4.74 Å². The molecule has 3 aromatic rings. The number of imidazole rings is 1. The van der Waals surface area contributed by atoms with Crippen LogP contribution in [0.15, 0.2) is 42.6 Å². The summed E-state index contributed by atoms with van der Waals surface area (Å²) < 4.78 is 7.00. The van der Waals surface area contributed by atoms with Crippen LogP contribution >= 0.6 is 0 Å². The van der Waals surface area contributed by atoms with Crippen LogP contribution in [0.3, 0.4) is 0 Å². The number of aromatic nitrogens is 3. The minimum Gasteiger partial charge on any atom is -0.481 e. The lowest BCUT2D eigenvalue weighted by atomic mass is 10.1. The molecule has 0 amide bonds. The van der Waals surface area contributed by atoms with Gasteiger partial charge in [-0.2, -0.15) is 4.98 Å². The molecule has 1 aromatic carbocycles. The van der Waals surface area contributed by atoms with E-state index in [4.69, 9.17) is 4.74 Å². The number of fused-ring (bicyclic) bond motifs is 1. The second-order valence-corrected chi connectivity index (χ2v) is 4.62. The molecule has 0 fully saturated rings. The molecule has 0 radical (unpaired) electrons. The lowest BCUT2D eigenvalue weighted by Gasteiger charge is -2.04. The Morgan fingerprint density at radius 1 is 1.24 bits per heavy atom. The first kappa shape index (κ1) is 13.3. The molecule has 0 spiro atoms. The first-order valence-electron chi connectivity index (χ1n) is 6.75. The van der Waals surface area contributed by atoms with Crippen molar-refractivity contribution in [3.63, 3.8) is 0 Å². The van der Waals surface area contributed by atoms with Gasteiger partial charge in [-0.1, -0.05) is 37.3 Å². The molecule has 0 aliphatic carbocycles. The van der Waals surface area contributed by atoms with Gasteiger partial charge in [0.2, 0.25) is 11.7 Å². The van der Waals surface area contributed by atoms with Gasteiger partial charge in [-0.05, 0) is 0 Å². The summed E-state index contributed by atoms with van der Waals surface area (Å²) in [4.78, 5) is 21.2. The fourth-order valence-electron chi connectivity index (χ4n) is 2.23. The fraction of sp³-hybridized carbons (Fsp3) is 0.188. The molecule has 5 heteroatoms. The number of ketones is 1. The van der Waals surface area contributed by atoms with Gasteiger partial charge < -0.3 is 4.74 Å². The molecule has 0 saturated carbocycles. The Morgan fingerprint density at radius 3 is 2.67 bits per heavy atom. The van der Waals surface area contributed by atoms with Crippen LogP contribution in [-0.4, -0.2) is 27.3 Å². The molecular formula is C16H15N3O2. The quantitative estimate of drug-likeness (QED) is 0.690. The molecule has 0 saturated heterocycles. The number of aryl methyl sites for hydroxylation is 1. The molecule has 2 aromatic heterocycles. The highest BCUT2D eigenvalue weighted by atomic mass is 16.5. The van der Waals surface area contributed by atoms with E-state index < -0.39 is 0 Å². The van der Waals surface area contributed by atoms with Crippen molar-refractivity contribution in [2.24, 2.45) is 0 Å². The number of carbonyl (C=O) groups is 1.